The number of carbonyl (C=O) groups is 1. The highest BCUT2D eigenvalue weighted by Gasteiger charge is 2.30. The Morgan fingerprint density at radius 1 is 1.03 bits per heavy atom. The Morgan fingerprint density at radius 2 is 1.84 bits per heavy atom. The number of fused-ring (bicyclic) bond motifs is 2. The lowest BCUT2D eigenvalue weighted by atomic mass is 10.00. The lowest BCUT2D eigenvalue weighted by molar-refractivity contribution is 0.0812. The molecule has 31 heavy (non-hydrogen) atoms. The summed E-state index contributed by atoms with van der Waals surface area (Å²) in [6.45, 7) is 4.71. The number of aliphatic hydroxyl groups is 1. The molecule has 1 atom stereocenters. The molecule has 0 radical (unpaired) electrons. The Balaban J connectivity index is 1.16. The summed E-state index contributed by atoms with van der Waals surface area (Å²) in [6.07, 6.45) is 2.28. The van der Waals surface area contributed by atoms with Gasteiger partial charge in [0.2, 0.25) is 0 Å². The lowest BCUT2D eigenvalue weighted by Gasteiger charge is -2.31. The zero-order chi connectivity index (χ0) is 21.4. The highest BCUT2D eigenvalue weighted by atomic mass is 16.3. The van der Waals surface area contributed by atoms with Crippen molar-refractivity contribution in [3.8, 4) is 0 Å². The minimum Gasteiger partial charge on any atom is -0.390 e. The van der Waals surface area contributed by atoms with Gasteiger partial charge in [0, 0.05) is 52.9 Å². The van der Waals surface area contributed by atoms with E-state index < -0.39 is 6.10 Å². The molecular formula is C24H29N5O2. The van der Waals surface area contributed by atoms with Crippen molar-refractivity contribution in [1.29, 1.82) is 0 Å². The zero-order valence-electron chi connectivity index (χ0n) is 17.9. The van der Waals surface area contributed by atoms with Crippen molar-refractivity contribution >= 4 is 17.1 Å². The number of hydrogen-bond acceptors (Lipinski definition) is 4. The van der Waals surface area contributed by atoms with Gasteiger partial charge in [0.15, 0.2) is 0 Å². The number of carbonyl (C=O) groups excluding carboxylic acids is 1. The predicted molar refractivity (Wildman–Crippen MR) is 120 cm³/mol. The first kappa shape index (κ1) is 20.0. The summed E-state index contributed by atoms with van der Waals surface area (Å²) < 4.78 is 1.99. The van der Waals surface area contributed by atoms with Crippen LogP contribution < -0.4 is 0 Å². The highest BCUT2D eigenvalue weighted by molar-refractivity contribution is 5.78. The number of benzene rings is 2. The Morgan fingerprint density at radius 3 is 2.71 bits per heavy atom. The largest absolute Gasteiger partial charge is 0.390 e. The van der Waals surface area contributed by atoms with E-state index in [4.69, 9.17) is 0 Å². The fraction of sp³-hybridized carbons (Fsp3) is 0.417. The van der Waals surface area contributed by atoms with Crippen LogP contribution in [0.15, 0.2) is 48.8 Å². The molecule has 0 saturated carbocycles. The number of imidazole rings is 1. The van der Waals surface area contributed by atoms with Crippen molar-refractivity contribution in [2.45, 2.75) is 25.6 Å². The summed E-state index contributed by atoms with van der Waals surface area (Å²) >= 11 is 0. The quantitative estimate of drug-likeness (QED) is 0.666. The third kappa shape index (κ3) is 4.16. The molecule has 1 N–H and O–H groups in total. The fourth-order valence-corrected chi connectivity index (χ4v) is 4.76. The Labute approximate surface area is 182 Å². The maximum atomic E-state index is 12.9. The number of aryl methyl sites for hydroxylation is 1. The van der Waals surface area contributed by atoms with Gasteiger partial charge in [0.05, 0.1) is 23.5 Å². The molecule has 0 bridgehead atoms. The molecule has 0 spiro atoms. The molecule has 2 aliphatic rings. The first-order valence-electron chi connectivity index (χ1n) is 11.0. The van der Waals surface area contributed by atoms with E-state index in [0.29, 0.717) is 32.7 Å². The predicted octanol–water partition coefficient (Wildman–Crippen LogP) is 2.23. The van der Waals surface area contributed by atoms with Gasteiger partial charge in [-0.3, -0.25) is 4.90 Å². The molecule has 0 unspecified atom stereocenters. The molecule has 3 heterocycles. The zero-order valence-corrected chi connectivity index (χ0v) is 17.9. The molecule has 1 fully saturated rings. The second kappa shape index (κ2) is 8.32. The molecule has 2 aromatic carbocycles. The third-order valence-electron chi connectivity index (χ3n) is 6.45. The van der Waals surface area contributed by atoms with Crippen molar-refractivity contribution in [2.24, 2.45) is 7.05 Å². The minimum atomic E-state index is -0.542. The maximum absolute atomic E-state index is 12.9. The SMILES string of the molecule is Cn1cnc2ccc(CN3CCN(C[C@@H](O)CN4CCc5ccccc5C4)C3=O)cc21. The number of urea groups is 1. The van der Waals surface area contributed by atoms with Gasteiger partial charge in [-0.25, -0.2) is 9.78 Å². The number of amides is 2. The van der Waals surface area contributed by atoms with E-state index in [9.17, 15) is 9.90 Å². The number of hydrogen-bond donors (Lipinski definition) is 1. The molecule has 5 rings (SSSR count). The van der Waals surface area contributed by atoms with Gasteiger partial charge >= 0.3 is 6.03 Å². The second-order valence-electron chi connectivity index (χ2n) is 8.74. The summed E-state index contributed by atoms with van der Waals surface area (Å²) in [7, 11) is 1.98. The van der Waals surface area contributed by atoms with Crippen LogP contribution in [-0.2, 0) is 26.6 Å². The molecule has 7 heteroatoms. The first-order valence-corrected chi connectivity index (χ1v) is 11.0. The van der Waals surface area contributed by atoms with Crippen LogP contribution in [0, 0.1) is 0 Å². The van der Waals surface area contributed by atoms with Crippen molar-refractivity contribution in [3.63, 3.8) is 0 Å². The Kier molecular flexibility index (Phi) is 5.38. The highest BCUT2D eigenvalue weighted by Crippen LogP contribution is 2.20. The van der Waals surface area contributed by atoms with Gasteiger partial charge in [-0.1, -0.05) is 30.3 Å². The van der Waals surface area contributed by atoms with Gasteiger partial charge in [-0.2, -0.15) is 0 Å². The monoisotopic (exact) mass is 419 g/mol. The van der Waals surface area contributed by atoms with E-state index in [1.165, 1.54) is 11.1 Å². The van der Waals surface area contributed by atoms with Crippen LogP contribution in [-0.4, -0.2) is 74.2 Å². The molecule has 2 aliphatic heterocycles. The summed E-state index contributed by atoms with van der Waals surface area (Å²) in [5.74, 6) is 0. The van der Waals surface area contributed by atoms with Gasteiger partial charge < -0.3 is 19.5 Å². The molecule has 2 amide bonds. The van der Waals surface area contributed by atoms with Crippen LogP contribution in [0.2, 0.25) is 0 Å². The lowest BCUT2D eigenvalue weighted by Crippen LogP contribution is -2.43. The van der Waals surface area contributed by atoms with Crippen molar-refractivity contribution in [3.05, 3.63) is 65.5 Å². The molecule has 1 saturated heterocycles. The van der Waals surface area contributed by atoms with Crippen LogP contribution in [0.5, 0.6) is 0 Å². The van der Waals surface area contributed by atoms with E-state index >= 15 is 0 Å². The molecular weight excluding hydrogens is 390 g/mol. The number of rotatable bonds is 6. The number of aromatic nitrogens is 2. The smallest absolute Gasteiger partial charge is 0.320 e. The van der Waals surface area contributed by atoms with Crippen LogP contribution in [0.1, 0.15) is 16.7 Å². The van der Waals surface area contributed by atoms with Gasteiger partial charge in [0.1, 0.15) is 0 Å². The summed E-state index contributed by atoms with van der Waals surface area (Å²) in [4.78, 5) is 23.2. The molecule has 0 aliphatic carbocycles. The number of nitrogens with zero attached hydrogens (tertiary/aromatic N) is 5. The van der Waals surface area contributed by atoms with Crippen molar-refractivity contribution in [2.75, 3.05) is 32.7 Å². The van der Waals surface area contributed by atoms with E-state index in [0.717, 1.165) is 36.1 Å². The topological polar surface area (TPSA) is 64.8 Å². The molecule has 7 nitrogen and oxygen atoms in total. The van der Waals surface area contributed by atoms with Crippen LogP contribution >= 0.6 is 0 Å². The average molecular weight is 420 g/mol. The Bertz CT molecular complexity index is 1090. The second-order valence-corrected chi connectivity index (χ2v) is 8.74. The summed E-state index contributed by atoms with van der Waals surface area (Å²) in [5.41, 5.74) is 5.88. The van der Waals surface area contributed by atoms with Crippen LogP contribution in [0.4, 0.5) is 4.79 Å². The maximum Gasteiger partial charge on any atom is 0.320 e. The number of β-amino-alcohol motifs (C(OH)–C–C–N with tert-alkyl or cyclic N) is 1. The molecule has 3 aromatic rings. The third-order valence-corrected chi connectivity index (χ3v) is 6.45. The van der Waals surface area contributed by atoms with Crippen molar-refractivity contribution < 1.29 is 9.90 Å². The first-order chi connectivity index (χ1) is 15.1. The van der Waals surface area contributed by atoms with Crippen LogP contribution in [0.25, 0.3) is 11.0 Å². The van der Waals surface area contributed by atoms with E-state index in [2.05, 4.69) is 40.2 Å². The molecule has 162 valence electrons. The normalized spacial score (nSPS) is 18.1. The fourth-order valence-electron chi connectivity index (χ4n) is 4.76. The van der Waals surface area contributed by atoms with E-state index in [1.807, 2.05) is 28.6 Å². The average Bonchev–Trinajstić information content (AvgIpc) is 3.31. The Hall–Kier alpha value is -2.90. The van der Waals surface area contributed by atoms with Crippen molar-refractivity contribution in [1.82, 2.24) is 24.3 Å². The van der Waals surface area contributed by atoms with Gasteiger partial charge in [-0.15, -0.1) is 0 Å². The summed E-state index contributed by atoms with van der Waals surface area (Å²) in [5, 5.41) is 10.7. The van der Waals surface area contributed by atoms with E-state index in [1.54, 1.807) is 11.2 Å². The van der Waals surface area contributed by atoms with Crippen LogP contribution in [0.3, 0.4) is 0 Å². The van der Waals surface area contributed by atoms with Gasteiger partial charge in [0.25, 0.3) is 0 Å². The summed E-state index contributed by atoms with van der Waals surface area (Å²) in [6, 6.07) is 14.7. The number of aliphatic hydroxyl groups excluding tert-OH is 1. The van der Waals surface area contributed by atoms with E-state index in [-0.39, 0.29) is 6.03 Å². The standard InChI is InChI=1S/C24H29N5O2/c1-26-17-25-22-7-6-18(12-23(22)26)13-28-10-11-29(24(28)31)16-21(30)15-27-9-8-19-4-2-3-5-20(19)14-27/h2-7,12,17,21,30H,8-11,13-16H2,1H3/t21-/m0/s1. The van der Waals surface area contributed by atoms with Gasteiger partial charge in [-0.05, 0) is 35.2 Å². The molecule has 1 aromatic heterocycles. The minimum absolute atomic E-state index is 0.00754.